The van der Waals surface area contributed by atoms with Gasteiger partial charge in [-0.2, -0.15) is 5.10 Å². The van der Waals surface area contributed by atoms with E-state index in [1.54, 1.807) is 6.20 Å². The van der Waals surface area contributed by atoms with E-state index in [1.165, 1.54) is 12.5 Å². The Balaban J connectivity index is 2.02. The van der Waals surface area contributed by atoms with Crippen molar-refractivity contribution < 1.29 is 9.90 Å². The van der Waals surface area contributed by atoms with Crippen LogP contribution in [0.2, 0.25) is 0 Å². The minimum Gasteiger partial charge on any atom is -0.395 e. The summed E-state index contributed by atoms with van der Waals surface area (Å²) >= 11 is 0. The lowest BCUT2D eigenvalue weighted by molar-refractivity contribution is -0.122. The Morgan fingerprint density at radius 3 is 2.75 bits per heavy atom. The highest BCUT2D eigenvalue weighted by molar-refractivity contribution is 5.75. The lowest BCUT2D eigenvalue weighted by Crippen LogP contribution is -2.36. The topological polar surface area (TPSA) is 87.5 Å². The van der Waals surface area contributed by atoms with Crippen LogP contribution in [0.3, 0.4) is 0 Å². The lowest BCUT2D eigenvalue weighted by atomic mass is 10.1. The van der Waals surface area contributed by atoms with Crippen LogP contribution in [0, 0.1) is 0 Å². The molecule has 1 fully saturated rings. The molecular formula is C13H20N4O3. The van der Waals surface area contributed by atoms with Crippen LogP contribution in [-0.2, 0) is 11.3 Å². The van der Waals surface area contributed by atoms with Gasteiger partial charge in [-0.1, -0.05) is 0 Å². The van der Waals surface area contributed by atoms with Gasteiger partial charge in [0.25, 0.3) is 5.56 Å². The van der Waals surface area contributed by atoms with Crippen LogP contribution in [0.4, 0.5) is 5.69 Å². The Kier molecular flexibility index (Phi) is 5.11. The second-order valence-electron chi connectivity index (χ2n) is 4.83. The number of amides is 1. The van der Waals surface area contributed by atoms with Crippen LogP contribution in [0.25, 0.3) is 0 Å². The quantitative estimate of drug-likeness (QED) is 0.748. The number of rotatable bonds is 5. The van der Waals surface area contributed by atoms with Crippen LogP contribution in [0.1, 0.15) is 19.3 Å². The second-order valence-corrected chi connectivity index (χ2v) is 4.83. The molecule has 0 aromatic carbocycles. The van der Waals surface area contributed by atoms with Crippen LogP contribution in [-0.4, -0.2) is 47.0 Å². The third-order valence-corrected chi connectivity index (χ3v) is 3.30. The fourth-order valence-electron chi connectivity index (χ4n) is 2.26. The molecule has 0 bridgehead atoms. The van der Waals surface area contributed by atoms with Gasteiger partial charge in [0.05, 0.1) is 18.5 Å². The molecule has 2 rings (SSSR count). The van der Waals surface area contributed by atoms with Crippen molar-refractivity contribution in [1.29, 1.82) is 0 Å². The van der Waals surface area contributed by atoms with Crippen LogP contribution < -0.4 is 15.8 Å². The van der Waals surface area contributed by atoms with Crippen molar-refractivity contribution in [3.63, 3.8) is 0 Å². The predicted molar refractivity (Wildman–Crippen MR) is 74.7 cm³/mol. The summed E-state index contributed by atoms with van der Waals surface area (Å²) in [6.07, 6.45) is 5.12. The Hall–Kier alpha value is -1.89. The normalized spacial score (nSPS) is 15.2. The molecule has 1 aromatic heterocycles. The van der Waals surface area contributed by atoms with Gasteiger partial charge in [-0.3, -0.25) is 9.59 Å². The molecule has 1 aliphatic rings. The van der Waals surface area contributed by atoms with Gasteiger partial charge in [-0.05, 0) is 19.3 Å². The Morgan fingerprint density at radius 2 is 2.10 bits per heavy atom. The Morgan fingerprint density at radius 1 is 1.35 bits per heavy atom. The van der Waals surface area contributed by atoms with E-state index in [9.17, 15) is 9.59 Å². The van der Waals surface area contributed by atoms with Crippen molar-refractivity contribution in [3.05, 3.63) is 22.6 Å². The number of carbonyl (C=O) groups is 1. The molecule has 1 saturated heterocycles. The number of piperidine rings is 1. The Labute approximate surface area is 117 Å². The predicted octanol–water partition coefficient (Wildman–Crippen LogP) is -0.658. The van der Waals surface area contributed by atoms with E-state index in [1.807, 2.05) is 0 Å². The first-order chi connectivity index (χ1) is 9.70. The highest BCUT2D eigenvalue weighted by Crippen LogP contribution is 2.16. The van der Waals surface area contributed by atoms with E-state index < -0.39 is 0 Å². The minimum absolute atomic E-state index is 0.123. The highest BCUT2D eigenvalue weighted by Gasteiger charge is 2.13. The first-order valence-electron chi connectivity index (χ1n) is 6.90. The number of anilines is 1. The molecule has 1 aliphatic heterocycles. The fraction of sp³-hybridized carbons (Fsp3) is 0.615. The van der Waals surface area contributed by atoms with Gasteiger partial charge in [-0.25, -0.2) is 4.68 Å². The van der Waals surface area contributed by atoms with Crippen molar-refractivity contribution >= 4 is 11.6 Å². The number of carbonyl (C=O) groups excluding carboxylic acids is 1. The largest absolute Gasteiger partial charge is 0.395 e. The zero-order chi connectivity index (χ0) is 14.4. The van der Waals surface area contributed by atoms with Crippen molar-refractivity contribution in [2.45, 2.75) is 25.8 Å². The number of aliphatic hydroxyl groups is 1. The third kappa shape index (κ3) is 3.80. The van der Waals surface area contributed by atoms with Crippen molar-refractivity contribution in [2.75, 3.05) is 31.1 Å². The van der Waals surface area contributed by atoms with Crippen molar-refractivity contribution in [1.82, 2.24) is 15.1 Å². The van der Waals surface area contributed by atoms with E-state index in [4.69, 9.17) is 5.11 Å². The van der Waals surface area contributed by atoms with E-state index in [2.05, 4.69) is 15.3 Å². The average molecular weight is 280 g/mol. The maximum atomic E-state index is 11.9. The summed E-state index contributed by atoms with van der Waals surface area (Å²) in [5.41, 5.74) is 0.536. The third-order valence-electron chi connectivity index (χ3n) is 3.30. The summed E-state index contributed by atoms with van der Waals surface area (Å²) < 4.78 is 1.13. The first kappa shape index (κ1) is 14.5. The smallest absolute Gasteiger partial charge is 0.269 e. The molecule has 110 valence electrons. The van der Waals surface area contributed by atoms with Gasteiger partial charge >= 0.3 is 0 Å². The molecule has 0 spiro atoms. The molecule has 0 atom stereocenters. The first-order valence-corrected chi connectivity index (χ1v) is 6.90. The highest BCUT2D eigenvalue weighted by atomic mass is 16.3. The van der Waals surface area contributed by atoms with E-state index >= 15 is 0 Å². The number of aromatic nitrogens is 2. The van der Waals surface area contributed by atoms with Gasteiger partial charge in [0.2, 0.25) is 5.91 Å². The maximum absolute atomic E-state index is 11.9. The summed E-state index contributed by atoms with van der Waals surface area (Å²) in [6, 6.07) is 1.53. The molecule has 0 unspecified atom stereocenters. The molecular weight excluding hydrogens is 260 g/mol. The molecule has 7 nitrogen and oxygen atoms in total. The summed E-state index contributed by atoms with van der Waals surface area (Å²) in [7, 11) is 0. The zero-order valence-electron chi connectivity index (χ0n) is 11.4. The number of aliphatic hydroxyl groups excluding tert-OH is 1. The van der Waals surface area contributed by atoms with Crippen molar-refractivity contribution in [2.24, 2.45) is 0 Å². The number of hydrogen-bond donors (Lipinski definition) is 2. The van der Waals surface area contributed by atoms with E-state index in [0.29, 0.717) is 0 Å². The van der Waals surface area contributed by atoms with Gasteiger partial charge in [-0.15, -0.1) is 0 Å². The average Bonchev–Trinajstić information content (AvgIpc) is 2.48. The summed E-state index contributed by atoms with van der Waals surface area (Å²) in [5.74, 6) is -0.334. The van der Waals surface area contributed by atoms with Crippen LogP contribution in [0.5, 0.6) is 0 Å². The van der Waals surface area contributed by atoms with Gasteiger partial charge in [0, 0.05) is 25.7 Å². The van der Waals surface area contributed by atoms with E-state index in [0.717, 1.165) is 36.3 Å². The van der Waals surface area contributed by atoms with Gasteiger partial charge in [0.1, 0.15) is 6.54 Å². The molecule has 20 heavy (non-hydrogen) atoms. The molecule has 7 heteroatoms. The molecule has 2 heterocycles. The van der Waals surface area contributed by atoms with E-state index in [-0.39, 0.29) is 31.2 Å². The van der Waals surface area contributed by atoms with Gasteiger partial charge < -0.3 is 15.3 Å². The number of nitrogens with one attached hydrogen (secondary N) is 1. The molecule has 0 radical (unpaired) electrons. The molecule has 1 amide bonds. The van der Waals surface area contributed by atoms with Crippen LogP contribution >= 0.6 is 0 Å². The summed E-state index contributed by atoms with van der Waals surface area (Å²) in [6.45, 7) is 1.82. The summed E-state index contributed by atoms with van der Waals surface area (Å²) in [5, 5.41) is 15.1. The lowest BCUT2D eigenvalue weighted by Gasteiger charge is -2.28. The van der Waals surface area contributed by atoms with Crippen LogP contribution in [0.15, 0.2) is 17.1 Å². The second kappa shape index (κ2) is 7.04. The standard InChI is InChI=1S/C13H20N4O3/c18-7-4-14-12(19)10-17-13(20)8-11(9-15-17)16-5-2-1-3-6-16/h8-9,18H,1-7,10H2,(H,14,19). The van der Waals surface area contributed by atoms with Gasteiger partial charge in [0.15, 0.2) is 0 Å². The zero-order valence-corrected chi connectivity index (χ0v) is 11.4. The van der Waals surface area contributed by atoms with Crippen molar-refractivity contribution in [3.8, 4) is 0 Å². The Bertz CT molecular complexity index is 509. The molecule has 0 aliphatic carbocycles. The maximum Gasteiger partial charge on any atom is 0.269 e. The number of hydrogen-bond acceptors (Lipinski definition) is 5. The summed E-state index contributed by atoms with van der Waals surface area (Å²) in [4.78, 5) is 25.6. The molecule has 1 aromatic rings. The number of nitrogens with zero attached hydrogens (tertiary/aromatic N) is 3. The SMILES string of the molecule is O=C(Cn1ncc(N2CCCCC2)cc1=O)NCCO. The molecule has 2 N–H and O–H groups in total. The minimum atomic E-state index is -0.334. The fourth-order valence-corrected chi connectivity index (χ4v) is 2.26. The monoisotopic (exact) mass is 280 g/mol. The molecule has 0 saturated carbocycles.